The highest BCUT2D eigenvalue weighted by Crippen LogP contribution is 2.36. The Bertz CT molecular complexity index is 442. The van der Waals surface area contributed by atoms with E-state index in [1.165, 1.54) is 0 Å². The maximum Gasteiger partial charge on any atom is 0.0471 e. The Morgan fingerprint density at radius 2 is 1.95 bits per heavy atom. The van der Waals surface area contributed by atoms with E-state index in [9.17, 15) is 0 Å². The van der Waals surface area contributed by atoms with E-state index in [1.54, 1.807) is 0 Å². The third kappa shape index (κ3) is 4.36. The monoisotopic (exact) mass is 315 g/mol. The summed E-state index contributed by atoms with van der Waals surface area (Å²) in [5.41, 5.74) is 1.36. The van der Waals surface area contributed by atoms with Gasteiger partial charge in [-0.15, -0.1) is 0 Å². The first-order chi connectivity index (χ1) is 9.51. The average molecular weight is 316 g/mol. The van der Waals surface area contributed by atoms with E-state index in [2.05, 4.69) is 19.2 Å². The average Bonchev–Trinajstić information content (AvgIpc) is 2.42. The lowest BCUT2D eigenvalue weighted by atomic mass is 9.75. The summed E-state index contributed by atoms with van der Waals surface area (Å²) in [5, 5.41) is 5.14. The van der Waals surface area contributed by atoms with Crippen LogP contribution in [0.1, 0.15) is 32.3 Å². The number of hydrogen-bond donors (Lipinski definition) is 1. The van der Waals surface area contributed by atoms with Crippen LogP contribution in [0.3, 0.4) is 0 Å². The molecule has 1 saturated heterocycles. The number of nitrogens with one attached hydrogen (secondary N) is 1. The van der Waals surface area contributed by atoms with E-state index < -0.39 is 0 Å². The van der Waals surface area contributed by atoms with Crippen molar-refractivity contribution in [2.75, 3.05) is 19.8 Å². The molecule has 0 aromatic heterocycles. The fourth-order valence-electron chi connectivity index (χ4n) is 2.72. The molecule has 0 atom stereocenters. The molecule has 0 bridgehead atoms. The summed E-state index contributed by atoms with van der Waals surface area (Å²) in [6.07, 6.45) is 3.08. The van der Waals surface area contributed by atoms with Gasteiger partial charge in [0.2, 0.25) is 0 Å². The molecule has 1 N–H and O–H groups in total. The van der Waals surface area contributed by atoms with E-state index in [4.69, 9.17) is 27.9 Å². The van der Waals surface area contributed by atoms with E-state index >= 15 is 0 Å². The summed E-state index contributed by atoms with van der Waals surface area (Å²) in [6, 6.07) is 6.22. The molecule has 1 aromatic rings. The SMILES string of the molecule is CC(C)NCC1(Cc2cc(Cl)ccc2Cl)CCOCC1. The molecule has 0 amide bonds. The number of rotatable bonds is 5. The number of halogens is 2. The number of hydrogen-bond acceptors (Lipinski definition) is 2. The second-order valence-electron chi connectivity index (χ2n) is 6.06. The largest absolute Gasteiger partial charge is 0.381 e. The van der Waals surface area contributed by atoms with Gasteiger partial charge in [-0.1, -0.05) is 37.0 Å². The van der Waals surface area contributed by atoms with E-state index in [-0.39, 0.29) is 5.41 Å². The van der Waals surface area contributed by atoms with E-state index in [0.717, 1.165) is 54.6 Å². The van der Waals surface area contributed by atoms with Crippen LogP contribution in [-0.2, 0) is 11.2 Å². The maximum atomic E-state index is 6.33. The van der Waals surface area contributed by atoms with Gasteiger partial charge in [0.05, 0.1) is 0 Å². The molecule has 2 rings (SSSR count). The first-order valence-corrected chi connectivity index (χ1v) is 8.01. The van der Waals surface area contributed by atoms with Gasteiger partial charge in [0, 0.05) is 35.8 Å². The van der Waals surface area contributed by atoms with Crippen LogP contribution in [0, 0.1) is 5.41 Å². The highest BCUT2D eigenvalue weighted by molar-refractivity contribution is 6.33. The molecule has 1 fully saturated rings. The molecule has 0 saturated carbocycles. The third-order valence-corrected chi connectivity index (χ3v) is 4.62. The zero-order chi connectivity index (χ0) is 14.6. The first kappa shape index (κ1) is 16.1. The van der Waals surface area contributed by atoms with Crippen LogP contribution >= 0.6 is 23.2 Å². The number of ether oxygens (including phenoxy) is 1. The summed E-state index contributed by atoms with van der Waals surface area (Å²) in [7, 11) is 0. The smallest absolute Gasteiger partial charge is 0.0471 e. The molecule has 112 valence electrons. The Morgan fingerprint density at radius 1 is 1.25 bits per heavy atom. The highest BCUT2D eigenvalue weighted by atomic mass is 35.5. The lowest BCUT2D eigenvalue weighted by Gasteiger charge is -2.38. The molecular formula is C16H23Cl2NO. The Kier molecular flexibility index (Phi) is 5.74. The second-order valence-corrected chi connectivity index (χ2v) is 6.90. The van der Waals surface area contributed by atoms with Gasteiger partial charge in [-0.25, -0.2) is 0 Å². The lowest BCUT2D eigenvalue weighted by Crippen LogP contribution is -2.42. The molecule has 0 spiro atoms. The van der Waals surface area contributed by atoms with Crippen LogP contribution in [-0.4, -0.2) is 25.8 Å². The summed E-state index contributed by atoms with van der Waals surface area (Å²) < 4.78 is 5.54. The fourth-order valence-corrected chi connectivity index (χ4v) is 3.10. The quantitative estimate of drug-likeness (QED) is 0.873. The summed E-state index contributed by atoms with van der Waals surface area (Å²) in [5.74, 6) is 0. The molecule has 20 heavy (non-hydrogen) atoms. The van der Waals surface area contributed by atoms with Gasteiger partial charge in [-0.2, -0.15) is 0 Å². The van der Waals surface area contributed by atoms with Crippen LogP contribution in [0.2, 0.25) is 10.0 Å². The van der Waals surface area contributed by atoms with Gasteiger partial charge >= 0.3 is 0 Å². The van der Waals surface area contributed by atoms with Crippen molar-refractivity contribution >= 4 is 23.2 Å². The molecule has 0 aliphatic carbocycles. The highest BCUT2D eigenvalue weighted by Gasteiger charge is 2.33. The second kappa shape index (κ2) is 7.13. The van der Waals surface area contributed by atoms with E-state index in [0.29, 0.717) is 6.04 Å². The molecule has 0 unspecified atom stereocenters. The Labute approximate surface area is 131 Å². The summed E-state index contributed by atoms with van der Waals surface area (Å²) in [6.45, 7) is 7.02. The Hall–Kier alpha value is -0.280. The van der Waals surface area contributed by atoms with Gasteiger partial charge in [0.25, 0.3) is 0 Å². The Balaban J connectivity index is 2.16. The van der Waals surface area contributed by atoms with Crippen molar-refractivity contribution < 1.29 is 4.74 Å². The normalized spacial score (nSPS) is 18.4. The van der Waals surface area contributed by atoms with Crippen LogP contribution in [0.4, 0.5) is 0 Å². The van der Waals surface area contributed by atoms with E-state index in [1.807, 2.05) is 18.2 Å². The molecule has 1 aliphatic heterocycles. The Morgan fingerprint density at radius 3 is 2.60 bits per heavy atom. The van der Waals surface area contributed by atoms with Crippen molar-refractivity contribution in [2.45, 2.75) is 39.2 Å². The van der Waals surface area contributed by atoms with Crippen LogP contribution in [0.25, 0.3) is 0 Å². The molecule has 2 nitrogen and oxygen atoms in total. The molecule has 1 heterocycles. The molecule has 0 radical (unpaired) electrons. The lowest BCUT2D eigenvalue weighted by molar-refractivity contribution is 0.0141. The van der Waals surface area contributed by atoms with Gasteiger partial charge in [-0.3, -0.25) is 0 Å². The standard InChI is InChI=1S/C16H23Cl2NO/c1-12(2)19-11-16(5-7-20-8-6-16)10-13-9-14(17)3-4-15(13)18/h3-4,9,12,19H,5-8,10-11H2,1-2H3. The molecule has 1 aliphatic rings. The minimum atomic E-state index is 0.219. The van der Waals surface area contributed by atoms with Crippen molar-refractivity contribution in [1.82, 2.24) is 5.32 Å². The predicted molar refractivity (Wildman–Crippen MR) is 85.8 cm³/mol. The zero-order valence-corrected chi connectivity index (χ0v) is 13.7. The van der Waals surface area contributed by atoms with Crippen LogP contribution in [0.5, 0.6) is 0 Å². The van der Waals surface area contributed by atoms with Crippen molar-refractivity contribution in [1.29, 1.82) is 0 Å². The van der Waals surface area contributed by atoms with Crippen molar-refractivity contribution in [3.05, 3.63) is 33.8 Å². The minimum absolute atomic E-state index is 0.219. The van der Waals surface area contributed by atoms with Crippen molar-refractivity contribution in [3.63, 3.8) is 0 Å². The predicted octanol–water partition coefficient (Wildman–Crippen LogP) is 4.33. The fraction of sp³-hybridized carbons (Fsp3) is 0.625. The summed E-state index contributed by atoms with van der Waals surface area (Å²) >= 11 is 12.4. The topological polar surface area (TPSA) is 21.3 Å². The molecular weight excluding hydrogens is 293 g/mol. The zero-order valence-electron chi connectivity index (χ0n) is 12.2. The van der Waals surface area contributed by atoms with Gasteiger partial charge in [-0.05, 0) is 48.4 Å². The third-order valence-electron chi connectivity index (χ3n) is 4.01. The summed E-state index contributed by atoms with van der Waals surface area (Å²) in [4.78, 5) is 0. The van der Waals surface area contributed by atoms with Crippen molar-refractivity contribution in [3.8, 4) is 0 Å². The number of benzene rings is 1. The van der Waals surface area contributed by atoms with Crippen LogP contribution in [0.15, 0.2) is 18.2 Å². The maximum absolute atomic E-state index is 6.33. The van der Waals surface area contributed by atoms with Gasteiger partial charge in [0.15, 0.2) is 0 Å². The van der Waals surface area contributed by atoms with Crippen molar-refractivity contribution in [2.24, 2.45) is 5.41 Å². The first-order valence-electron chi connectivity index (χ1n) is 7.26. The van der Waals surface area contributed by atoms with Gasteiger partial charge < -0.3 is 10.1 Å². The molecule has 4 heteroatoms. The molecule has 1 aromatic carbocycles. The van der Waals surface area contributed by atoms with Gasteiger partial charge in [0.1, 0.15) is 0 Å². The van der Waals surface area contributed by atoms with Crippen LogP contribution < -0.4 is 5.32 Å². The minimum Gasteiger partial charge on any atom is -0.381 e.